The zero-order chi connectivity index (χ0) is 15.2. The number of benzene rings is 1. The van der Waals surface area contributed by atoms with Gasteiger partial charge < -0.3 is 20.2 Å². The number of para-hydroxylation sites is 2. The van der Waals surface area contributed by atoms with E-state index in [9.17, 15) is 14.7 Å². The van der Waals surface area contributed by atoms with Gasteiger partial charge in [-0.1, -0.05) is 12.1 Å². The first-order valence-electron chi connectivity index (χ1n) is 6.98. The van der Waals surface area contributed by atoms with E-state index in [1.54, 1.807) is 12.1 Å². The van der Waals surface area contributed by atoms with Crippen LogP contribution in [0.1, 0.15) is 0 Å². The molecule has 2 rings (SSSR count). The maximum atomic E-state index is 11.6. The van der Waals surface area contributed by atoms with Crippen molar-refractivity contribution in [3.63, 3.8) is 0 Å². The number of anilines is 1. The Bertz CT molecular complexity index is 513. The zero-order valence-corrected chi connectivity index (χ0v) is 12.1. The van der Waals surface area contributed by atoms with Crippen molar-refractivity contribution in [1.82, 2.24) is 10.6 Å². The van der Waals surface area contributed by atoms with Crippen LogP contribution in [-0.2, 0) is 4.79 Å². The molecule has 21 heavy (non-hydrogen) atoms. The molecule has 7 heteroatoms. The van der Waals surface area contributed by atoms with E-state index in [2.05, 4.69) is 15.5 Å². The Morgan fingerprint density at radius 2 is 1.95 bits per heavy atom. The number of nitrogens with zero attached hydrogens (tertiary/aromatic N) is 1. The van der Waals surface area contributed by atoms with Crippen molar-refractivity contribution in [3.05, 3.63) is 24.3 Å². The predicted octanol–water partition coefficient (Wildman–Crippen LogP) is -1.45. The van der Waals surface area contributed by atoms with Gasteiger partial charge >= 0.3 is 6.03 Å². The van der Waals surface area contributed by atoms with Crippen LogP contribution in [0.4, 0.5) is 10.5 Å². The first-order chi connectivity index (χ1) is 10.1. The second kappa shape index (κ2) is 6.94. The molecule has 7 nitrogen and oxygen atoms in total. The molecule has 0 aromatic heterocycles. The molecule has 0 aliphatic carbocycles. The Hall–Kier alpha value is -2.28. The number of phenols is 1. The fourth-order valence-corrected chi connectivity index (χ4v) is 2.43. The van der Waals surface area contributed by atoms with Gasteiger partial charge in [0.05, 0.1) is 31.9 Å². The number of aromatic hydroxyl groups is 1. The number of hydrogen-bond donors (Lipinski definition) is 4. The Morgan fingerprint density at radius 3 is 2.57 bits per heavy atom. The summed E-state index contributed by atoms with van der Waals surface area (Å²) in [6.45, 7) is 3.38. The van der Waals surface area contributed by atoms with Crippen molar-refractivity contribution in [1.29, 1.82) is 0 Å². The molecular formula is C14H21N4O3+. The van der Waals surface area contributed by atoms with Crippen LogP contribution in [0.25, 0.3) is 0 Å². The second-order valence-corrected chi connectivity index (χ2v) is 5.03. The zero-order valence-electron chi connectivity index (χ0n) is 12.1. The average molecular weight is 293 g/mol. The van der Waals surface area contributed by atoms with Gasteiger partial charge in [-0.3, -0.25) is 10.1 Å². The van der Waals surface area contributed by atoms with E-state index >= 15 is 0 Å². The molecule has 1 aliphatic rings. The summed E-state index contributed by atoms with van der Waals surface area (Å²) in [5.41, 5.74) is 0.825. The Kier molecular flexibility index (Phi) is 4.99. The van der Waals surface area contributed by atoms with E-state index in [0.29, 0.717) is 0 Å². The summed E-state index contributed by atoms with van der Waals surface area (Å²) in [6, 6.07) is 6.77. The standard InChI is InChI=1S/C14H20N4O3/c1-15-14(21)16-13(20)10-17-6-8-18(9-7-17)11-4-2-3-5-12(11)19/h2-5,19H,6-10H2,1H3,(H2,15,16,20,21)/p+1. The monoisotopic (exact) mass is 293 g/mol. The van der Waals surface area contributed by atoms with Crippen LogP contribution in [-0.4, -0.2) is 56.8 Å². The van der Waals surface area contributed by atoms with Crippen molar-refractivity contribution >= 4 is 17.6 Å². The topological polar surface area (TPSA) is 86.1 Å². The van der Waals surface area contributed by atoms with Crippen molar-refractivity contribution in [2.45, 2.75) is 0 Å². The summed E-state index contributed by atoms with van der Waals surface area (Å²) in [5.74, 6) is -0.00123. The van der Waals surface area contributed by atoms with E-state index in [-0.39, 0.29) is 18.2 Å². The molecule has 0 atom stereocenters. The van der Waals surface area contributed by atoms with E-state index < -0.39 is 6.03 Å². The van der Waals surface area contributed by atoms with Gasteiger partial charge in [-0.25, -0.2) is 4.79 Å². The molecule has 3 amide bonds. The number of carbonyl (C=O) groups excluding carboxylic acids is 2. The molecule has 4 N–H and O–H groups in total. The van der Waals surface area contributed by atoms with Crippen molar-refractivity contribution in [2.24, 2.45) is 0 Å². The van der Waals surface area contributed by atoms with Gasteiger partial charge in [0.25, 0.3) is 5.91 Å². The van der Waals surface area contributed by atoms with E-state index in [1.165, 1.54) is 7.05 Å². The summed E-state index contributed by atoms with van der Waals surface area (Å²) in [5, 5.41) is 14.5. The third-order valence-corrected chi connectivity index (χ3v) is 3.58. The maximum absolute atomic E-state index is 11.6. The number of carbonyl (C=O) groups is 2. The highest BCUT2D eigenvalue weighted by atomic mass is 16.3. The minimum absolute atomic E-state index is 0.276. The van der Waals surface area contributed by atoms with Gasteiger partial charge in [-0.05, 0) is 12.1 Å². The van der Waals surface area contributed by atoms with Gasteiger partial charge in [0.1, 0.15) is 5.75 Å². The summed E-state index contributed by atoms with van der Waals surface area (Å²) in [7, 11) is 1.47. The minimum Gasteiger partial charge on any atom is -0.506 e. The summed E-state index contributed by atoms with van der Waals surface area (Å²) < 4.78 is 0. The lowest BCUT2D eigenvalue weighted by Crippen LogP contribution is -3.16. The Morgan fingerprint density at radius 1 is 1.29 bits per heavy atom. The van der Waals surface area contributed by atoms with E-state index in [4.69, 9.17) is 0 Å². The molecule has 1 aliphatic heterocycles. The van der Waals surface area contributed by atoms with Crippen LogP contribution in [0.15, 0.2) is 24.3 Å². The fraction of sp³-hybridized carbons (Fsp3) is 0.429. The van der Waals surface area contributed by atoms with Crippen LogP contribution in [0.5, 0.6) is 5.75 Å². The van der Waals surface area contributed by atoms with Gasteiger partial charge in [0.15, 0.2) is 6.54 Å². The number of rotatable bonds is 3. The first kappa shape index (κ1) is 15.1. The summed E-state index contributed by atoms with van der Waals surface area (Å²) >= 11 is 0. The molecule has 0 spiro atoms. The summed E-state index contributed by atoms with van der Waals surface area (Å²) in [6.07, 6.45) is 0. The number of imide groups is 1. The second-order valence-electron chi connectivity index (χ2n) is 5.03. The van der Waals surface area contributed by atoms with Crippen LogP contribution in [0, 0.1) is 0 Å². The number of piperazine rings is 1. The number of hydrogen-bond acceptors (Lipinski definition) is 4. The normalized spacial score (nSPS) is 15.6. The molecule has 0 unspecified atom stereocenters. The Labute approximate surface area is 123 Å². The molecule has 1 heterocycles. The largest absolute Gasteiger partial charge is 0.506 e. The fourth-order valence-electron chi connectivity index (χ4n) is 2.43. The third-order valence-electron chi connectivity index (χ3n) is 3.58. The van der Waals surface area contributed by atoms with Gasteiger partial charge in [-0.2, -0.15) is 0 Å². The molecule has 114 valence electrons. The SMILES string of the molecule is CNC(=O)NC(=O)C[NH+]1CCN(c2ccccc2O)CC1. The number of quaternary nitrogens is 1. The van der Waals surface area contributed by atoms with Gasteiger partial charge in [-0.15, -0.1) is 0 Å². The molecule has 1 aromatic rings. The molecular weight excluding hydrogens is 272 g/mol. The molecule has 0 saturated carbocycles. The van der Waals surface area contributed by atoms with Crippen LogP contribution in [0.3, 0.4) is 0 Å². The number of phenolic OH excluding ortho intramolecular Hbond substituents is 1. The molecule has 0 bridgehead atoms. The molecule has 1 saturated heterocycles. The Balaban J connectivity index is 1.82. The smallest absolute Gasteiger partial charge is 0.321 e. The van der Waals surface area contributed by atoms with Gasteiger partial charge in [0.2, 0.25) is 0 Å². The predicted molar refractivity (Wildman–Crippen MR) is 78.5 cm³/mol. The lowest BCUT2D eigenvalue weighted by molar-refractivity contribution is -0.892. The average Bonchev–Trinajstić information content (AvgIpc) is 2.48. The van der Waals surface area contributed by atoms with Gasteiger partial charge in [0, 0.05) is 7.05 Å². The summed E-state index contributed by atoms with van der Waals surface area (Å²) in [4.78, 5) is 25.9. The highest BCUT2D eigenvalue weighted by molar-refractivity contribution is 5.94. The highest BCUT2D eigenvalue weighted by Crippen LogP contribution is 2.25. The van der Waals surface area contributed by atoms with Crippen LogP contribution >= 0.6 is 0 Å². The van der Waals surface area contributed by atoms with E-state index in [0.717, 1.165) is 36.8 Å². The lowest BCUT2D eigenvalue weighted by Gasteiger charge is -2.33. The van der Waals surface area contributed by atoms with Crippen LogP contribution in [0.2, 0.25) is 0 Å². The molecule has 0 radical (unpaired) electrons. The number of nitrogens with one attached hydrogen (secondary N) is 3. The van der Waals surface area contributed by atoms with Crippen LogP contribution < -0.4 is 20.4 Å². The molecule has 1 aromatic carbocycles. The highest BCUT2D eigenvalue weighted by Gasteiger charge is 2.23. The first-order valence-corrected chi connectivity index (χ1v) is 6.98. The lowest BCUT2D eigenvalue weighted by atomic mass is 10.2. The molecule has 1 fully saturated rings. The third kappa shape index (κ3) is 4.09. The van der Waals surface area contributed by atoms with Crippen molar-refractivity contribution < 1.29 is 19.6 Å². The quantitative estimate of drug-likeness (QED) is 0.549. The van der Waals surface area contributed by atoms with Crippen molar-refractivity contribution in [2.75, 3.05) is 44.7 Å². The maximum Gasteiger partial charge on any atom is 0.321 e. The number of urea groups is 1. The van der Waals surface area contributed by atoms with E-state index in [1.807, 2.05) is 12.1 Å². The number of amides is 3. The van der Waals surface area contributed by atoms with Crippen molar-refractivity contribution in [3.8, 4) is 5.75 Å². The minimum atomic E-state index is -0.479.